The average Bonchev–Trinajstić information content (AvgIpc) is 2.82. The summed E-state index contributed by atoms with van der Waals surface area (Å²) in [6.07, 6.45) is 0. The summed E-state index contributed by atoms with van der Waals surface area (Å²) in [5, 5.41) is 10.7. The molecule has 21 heavy (non-hydrogen) atoms. The molecule has 10 nitrogen and oxygen atoms in total. The molecule has 0 unspecified atom stereocenters. The monoisotopic (exact) mass is 288 g/mol. The molecule has 0 aliphatic heterocycles. The normalized spacial score (nSPS) is 10.9. The Kier molecular flexibility index (Phi) is 2.58. The molecule has 3 aromatic rings. The lowest BCUT2D eigenvalue weighted by Gasteiger charge is -2.01. The van der Waals surface area contributed by atoms with E-state index in [2.05, 4.69) is 19.9 Å². The third kappa shape index (κ3) is 2.04. The molecule has 0 spiro atoms. The van der Waals surface area contributed by atoms with Gasteiger partial charge in [0.05, 0.1) is 4.92 Å². The number of nitrogens with two attached hydrogens (primary N) is 1. The van der Waals surface area contributed by atoms with E-state index in [-0.39, 0.29) is 28.4 Å². The SMILES string of the molecule is Nc1cc([N+](=O)[O-])ccc1-c1nc2[nH]c(=O)[nH]c(=O)c2[nH]1. The first-order valence-electron chi connectivity index (χ1n) is 5.72. The maximum Gasteiger partial charge on any atom is 0.327 e. The van der Waals surface area contributed by atoms with Gasteiger partial charge in [0.2, 0.25) is 0 Å². The Morgan fingerprint density at radius 2 is 1.95 bits per heavy atom. The van der Waals surface area contributed by atoms with E-state index in [1.165, 1.54) is 18.2 Å². The molecule has 1 aromatic carbocycles. The van der Waals surface area contributed by atoms with Crippen molar-refractivity contribution in [3.63, 3.8) is 0 Å². The first-order chi connectivity index (χ1) is 9.95. The first-order valence-corrected chi connectivity index (χ1v) is 5.72. The van der Waals surface area contributed by atoms with Crippen LogP contribution in [0.15, 0.2) is 27.8 Å². The summed E-state index contributed by atoms with van der Waals surface area (Å²) >= 11 is 0. The Morgan fingerprint density at radius 1 is 1.19 bits per heavy atom. The van der Waals surface area contributed by atoms with E-state index < -0.39 is 16.2 Å². The Bertz CT molecular complexity index is 982. The molecule has 0 aliphatic carbocycles. The molecular formula is C11H8N6O4. The summed E-state index contributed by atoms with van der Waals surface area (Å²) in [5.74, 6) is 0.227. The van der Waals surface area contributed by atoms with E-state index in [1.807, 2.05) is 0 Å². The highest BCUT2D eigenvalue weighted by Gasteiger charge is 2.14. The lowest BCUT2D eigenvalue weighted by atomic mass is 10.1. The molecule has 0 saturated carbocycles. The number of fused-ring (bicyclic) bond motifs is 1. The number of rotatable bonds is 2. The Hall–Kier alpha value is -3.43. The highest BCUT2D eigenvalue weighted by Crippen LogP contribution is 2.27. The van der Waals surface area contributed by atoms with Crippen LogP contribution in [0.5, 0.6) is 0 Å². The zero-order valence-electron chi connectivity index (χ0n) is 10.3. The molecule has 0 saturated heterocycles. The van der Waals surface area contributed by atoms with Crippen LogP contribution >= 0.6 is 0 Å². The number of imidazole rings is 1. The Balaban J connectivity index is 2.21. The van der Waals surface area contributed by atoms with Crippen molar-refractivity contribution in [3.8, 4) is 11.4 Å². The average molecular weight is 288 g/mol. The molecule has 0 fully saturated rings. The van der Waals surface area contributed by atoms with Crippen LogP contribution in [-0.4, -0.2) is 24.9 Å². The molecule has 106 valence electrons. The van der Waals surface area contributed by atoms with Crippen molar-refractivity contribution in [1.82, 2.24) is 19.9 Å². The van der Waals surface area contributed by atoms with E-state index in [0.717, 1.165) is 0 Å². The zero-order valence-corrected chi connectivity index (χ0v) is 10.3. The van der Waals surface area contributed by atoms with E-state index in [4.69, 9.17) is 5.73 Å². The molecule has 0 aliphatic rings. The minimum Gasteiger partial charge on any atom is -0.398 e. The molecule has 2 heterocycles. The predicted octanol–water partition coefficient (Wildman–Crippen LogP) is 0.0969. The van der Waals surface area contributed by atoms with Gasteiger partial charge in [-0.2, -0.15) is 0 Å². The summed E-state index contributed by atoms with van der Waals surface area (Å²) in [6.45, 7) is 0. The standard InChI is InChI=1S/C11H8N6O4/c12-6-3-4(17(20)21)1-2-5(6)8-13-7-9(14-8)15-11(19)16-10(7)18/h1-3H,12H2,(H3,13,14,15,16,18,19). The zero-order chi connectivity index (χ0) is 15.1. The lowest BCUT2D eigenvalue weighted by molar-refractivity contribution is -0.384. The molecule has 3 rings (SSSR count). The smallest absolute Gasteiger partial charge is 0.327 e. The minimum atomic E-state index is -0.678. The molecule has 2 aromatic heterocycles. The van der Waals surface area contributed by atoms with Crippen LogP contribution < -0.4 is 17.0 Å². The summed E-state index contributed by atoms with van der Waals surface area (Å²) in [7, 11) is 0. The maximum absolute atomic E-state index is 11.6. The summed E-state index contributed by atoms with van der Waals surface area (Å²) in [6, 6.07) is 3.87. The van der Waals surface area contributed by atoms with Crippen molar-refractivity contribution in [2.75, 3.05) is 5.73 Å². The van der Waals surface area contributed by atoms with Crippen LogP contribution in [0.2, 0.25) is 0 Å². The lowest BCUT2D eigenvalue weighted by Crippen LogP contribution is -2.21. The van der Waals surface area contributed by atoms with E-state index in [1.54, 1.807) is 0 Å². The Labute approximate surface area is 114 Å². The summed E-state index contributed by atoms with van der Waals surface area (Å²) in [5.41, 5.74) is 4.99. The van der Waals surface area contributed by atoms with Crippen molar-refractivity contribution in [2.24, 2.45) is 0 Å². The van der Waals surface area contributed by atoms with Crippen LogP contribution in [0.25, 0.3) is 22.6 Å². The van der Waals surface area contributed by atoms with Gasteiger partial charge in [-0.25, -0.2) is 9.78 Å². The van der Waals surface area contributed by atoms with Crippen LogP contribution in [-0.2, 0) is 0 Å². The number of nitrogens with one attached hydrogen (secondary N) is 3. The number of benzene rings is 1. The largest absolute Gasteiger partial charge is 0.398 e. The Morgan fingerprint density at radius 3 is 2.62 bits per heavy atom. The fraction of sp³-hybridized carbons (Fsp3) is 0. The number of anilines is 1. The van der Waals surface area contributed by atoms with Gasteiger partial charge in [-0.15, -0.1) is 0 Å². The highest BCUT2D eigenvalue weighted by molar-refractivity contribution is 5.80. The highest BCUT2D eigenvalue weighted by atomic mass is 16.6. The molecule has 5 N–H and O–H groups in total. The van der Waals surface area contributed by atoms with E-state index >= 15 is 0 Å². The van der Waals surface area contributed by atoms with Crippen molar-refractivity contribution in [2.45, 2.75) is 0 Å². The molecule has 0 bridgehead atoms. The number of nitrogen functional groups attached to an aromatic ring is 1. The van der Waals surface area contributed by atoms with Gasteiger partial charge in [0.25, 0.3) is 11.2 Å². The minimum absolute atomic E-state index is 0.0801. The van der Waals surface area contributed by atoms with Crippen LogP contribution in [0, 0.1) is 10.1 Å². The van der Waals surface area contributed by atoms with Crippen LogP contribution in [0.1, 0.15) is 0 Å². The van der Waals surface area contributed by atoms with Gasteiger partial charge in [0.15, 0.2) is 5.65 Å². The fourth-order valence-electron chi connectivity index (χ4n) is 1.94. The van der Waals surface area contributed by atoms with Gasteiger partial charge in [0, 0.05) is 23.4 Å². The predicted molar refractivity (Wildman–Crippen MR) is 73.8 cm³/mol. The van der Waals surface area contributed by atoms with Crippen LogP contribution in [0.4, 0.5) is 11.4 Å². The number of nitrogens with zero attached hydrogens (tertiary/aromatic N) is 2. The van der Waals surface area contributed by atoms with Gasteiger partial charge in [-0.05, 0) is 6.07 Å². The number of aromatic nitrogens is 4. The van der Waals surface area contributed by atoms with Gasteiger partial charge < -0.3 is 10.7 Å². The second-order valence-corrected chi connectivity index (χ2v) is 4.25. The summed E-state index contributed by atoms with van der Waals surface area (Å²) in [4.78, 5) is 44.1. The van der Waals surface area contributed by atoms with Crippen LogP contribution in [0.3, 0.4) is 0 Å². The number of nitro benzene ring substituents is 1. The third-order valence-corrected chi connectivity index (χ3v) is 2.89. The fourth-order valence-corrected chi connectivity index (χ4v) is 1.94. The molecule has 0 atom stereocenters. The number of nitro groups is 1. The van der Waals surface area contributed by atoms with E-state index in [0.29, 0.717) is 5.56 Å². The second-order valence-electron chi connectivity index (χ2n) is 4.25. The number of hydrogen-bond donors (Lipinski definition) is 4. The molecular weight excluding hydrogens is 280 g/mol. The van der Waals surface area contributed by atoms with Crippen molar-refractivity contribution < 1.29 is 4.92 Å². The van der Waals surface area contributed by atoms with Gasteiger partial charge in [0.1, 0.15) is 11.3 Å². The molecule has 10 heteroatoms. The van der Waals surface area contributed by atoms with E-state index in [9.17, 15) is 19.7 Å². The van der Waals surface area contributed by atoms with Gasteiger partial charge in [-0.1, -0.05) is 0 Å². The topological polar surface area (TPSA) is 164 Å². The van der Waals surface area contributed by atoms with Gasteiger partial charge >= 0.3 is 5.69 Å². The number of non-ortho nitro benzene ring substituents is 1. The number of aromatic amines is 3. The molecule has 0 radical (unpaired) electrons. The van der Waals surface area contributed by atoms with Crippen molar-refractivity contribution >= 4 is 22.5 Å². The first kappa shape index (κ1) is 12.6. The van der Waals surface area contributed by atoms with Crippen molar-refractivity contribution in [3.05, 3.63) is 49.2 Å². The quantitative estimate of drug-likeness (QED) is 0.296. The summed E-state index contributed by atoms with van der Waals surface area (Å²) < 4.78 is 0. The molecule has 0 amide bonds. The van der Waals surface area contributed by atoms with Crippen molar-refractivity contribution in [1.29, 1.82) is 0 Å². The maximum atomic E-state index is 11.6. The van der Waals surface area contributed by atoms with Gasteiger partial charge in [-0.3, -0.25) is 24.9 Å². The second kappa shape index (κ2) is 4.30. The number of H-pyrrole nitrogens is 3. The third-order valence-electron chi connectivity index (χ3n) is 2.89. The number of hydrogen-bond acceptors (Lipinski definition) is 6.